The van der Waals surface area contributed by atoms with Gasteiger partial charge in [-0.25, -0.2) is 0 Å². The molecule has 1 N–H and O–H groups in total. The molecule has 1 amide bonds. The van der Waals surface area contributed by atoms with Gasteiger partial charge in [0.05, 0.1) is 6.61 Å². The fourth-order valence-corrected chi connectivity index (χ4v) is 3.41. The number of carbonyl (C=O) groups is 1. The van der Waals surface area contributed by atoms with E-state index in [4.69, 9.17) is 4.74 Å². The number of hydrogen-bond donors (Lipinski definition) is 1. The molecule has 0 bridgehead atoms. The molecule has 2 aromatic carbocycles. The second-order valence-corrected chi connectivity index (χ2v) is 6.87. The zero-order valence-corrected chi connectivity index (χ0v) is 16.3. The van der Waals surface area contributed by atoms with E-state index < -0.39 is 0 Å². The lowest BCUT2D eigenvalue weighted by Gasteiger charge is -2.36. The summed E-state index contributed by atoms with van der Waals surface area (Å²) in [6.45, 7) is 9.54. The van der Waals surface area contributed by atoms with Crippen LogP contribution in [-0.4, -0.2) is 50.1 Å². The highest BCUT2D eigenvalue weighted by atomic mass is 16.5. The quantitative estimate of drug-likeness (QED) is 0.813. The van der Waals surface area contributed by atoms with Crippen molar-refractivity contribution in [2.24, 2.45) is 0 Å². The summed E-state index contributed by atoms with van der Waals surface area (Å²) in [4.78, 5) is 17.0. The topological polar surface area (TPSA) is 44.8 Å². The van der Waals surface area contributed by atoms with Crippen molar-refractivity contribution < 1.29 is 9.53 Å². The molecule has 0 aliphatic carbocycles. The largest absolute Gasteiger partial charge is 0.494 e. The SMILES string of the molecule is CCOc1ccc(NC(=O)CCN2CCN(c3ccccc3C)CC2)cc1. The Labute approximate surface area is 161 Å². The Kier molecular flexibility index (Phi) is 6.71. The molecule has 3 rings (SSSR count). The standard InChI is InChI=1S/C22H29N3O2/c1-3-27-20-10-8-19(9-11-20)23-22(26)12-13-24-14-16-25(17-15-24)21-7-5-4-6-18(21)2/h4-11H,3,12-17H2,1-2H3,(H,23,26). The number of carbonyl (C=O) groups excluding carboxylic acids is 1. The lowest BCUT2D eigenvalue weighted by atomic mass is 10.1. The summed E-state index contributed by atoms with van der Waals surface area (Å²) < 4.78 is 5.42. The monoisotopic (exact) mass is 367 g/mol. The number of aryl methyl sites for hydroxylation is 1. The number of nitrogens with zero attached hydrogens (tertiary/aromatic N) is 2. The first kappa shape index (κ1) is 19.2. The van der Waals surface area contributed by atoms with Gasteiger partial charge in [-0.15, -0.1) is 0 Å². The van der Waals surface area contributed by atoms with Crippen LogP contribution in [0, 0.1) is 6.92 Å². The van der Waals surface area contributed by atoms with Gasteiger partial charge in [-0.2, -0.15) is 0 Å². The molecular formula is C22H29N3O2. The summed E-state index contributed by atoms with van der Waals surface area (Å²) in [7, 11) is 0. The number of hydrogen-bond acceptors (Lipinski definition) is 4. The van der Waals surface area contributed by atoms with E-state index in [1.807, 2.05) is 31.2 Å². The predicted molar refractivity (Wildman–Crippen MR) is 111 cm³/mol. The van der Waals surface area contributed by atoms with Crippen LogP contribution in [0.2, 0.25) is 0 Å². The molecule has 5 heteroatoms. The predicted octanol–water partition coefficient (Wildman–Crippen LogP) is 3.54. The van der Waals surface area contributed by atoms with Crippen LogP contribution in [0.1, 0.15) is 18.9 Å². The maximum absolute atomic E-state index is 12.2. The van der Waals surface area contributed by atoms with Crippen molar-refractivity contribution in [2.75, 3.05) is 49.5 Å². The maximum Gasteiger partial charge on any atom is 0.225 e. The van der Waals surface area contributed by atoms with E-state index in [9.17, 15) is 4.79 Å². The van der Waals surface area contributed by atoms with Gasteiger partial charge in [0.2, 0.25) is 5.91 Å². The summed E-state index contributed by atoms with van der Waals surface area (Å²) in [5.74, 6) is 0.877. The van der Waals surface area contributed by atoms with Crippen LogP contribution in [0.5, 0.6) is 5.75 Å². The molecule has 1 aliphatic heterocycles. The van der Waals surface area contributed by atoms with Crippen molar-refractivity contribution in [3.05, 3.63) is 54.1 Å². The normalized spacial score (nSPS) is 14.8. The molecule has 1 fully saturated rings. The Morgan fingerprint density at radius 2 is 1.74 bits per heavy atom. The van der Waals surface area contributed by atoms with Gasteiger partial charge in [0.15, 0.2) is 0 Å². The number of benzene rings is 2. The van der Waals surface area contributed by atoms with Gasteiger partial charge in [0.25, 0.3) is 0 Å². The van der Waals surface area contributed by atoms with Gasteiger partial charge in [0.1, 0.15) is 5.75 Å². The van der Waals surface area contributed by atoms with Crippen molar-refractivity contribution in [2.45, 2.75) is 20.3 Å². The van der Waals surface area contributed by atoms with Gasteiger partial charge in [-0.1, -0.05) is 18.2 Å². The van der Waals surface area contributed by atoms with Crippen molar-refractivity contribution >= 4 is 17.3 Å². The Hall–Kier alpha value is -2.53. The van der Waals surface area contributed by atoms with E-state index in [-0.39, 0.29) is 5.91 Å². The molecule has 0 aromatic heterocycles. The summed E-state index contributed by atoms with van der Waals surface area (Å²) >= 11 is 0. The highest BCUT2D eigenvalue weighted by Gasteiger charge is 2.18. The average molecular weight is 367 g/mol. The van der Waals surface area contributed by atoms with Crippen LogP contribution in [-0.2, 0) is 4.79 Å². The number of amides is 1. The smallest absolute Gasteiger partial charge is 0.225 e. The minimum Gasteiger partial charge on any atom is -0.494 e. The summed E-state index contributed by atoms with van der Waals surface area (Å²) in [6, 6.07) is 16.0. The second kappa shape index (κ2) is 9.42. The fourth-order valence-electron chi connectivity index (χ4n) is 3.41. The van der Waals surface area contributed by atoms with Crippen molar-refractivity contribution in [1.29, 1.82) is 0 Å². The van der Waals surface area contributed by atoms with E-state index in [2.05, 4.69) is 46.3 Å². The Balaban J connectivity index is 1.40. The first-order chi connectivity index (χ1) is 13.2. The minimum atomic E-state index is 0.0560. The fraction of sp³-hybridized carbons (Fsp3) is 0.409. The third-order valence-electron chi connectivity index (χ3n) is 4.93. The number of anilines is 2. The molecule has 0 radical (unpaired) electrons. The molecule has 144 valence electrons. The molecule has 0 unspecified atom stereocenters. The van der Waals surface area contributed by atoms with Crippen LogP contribution in [0.4, 0.5) is 11.4 Å². The van der Waals surface area contributed by atoms with Crippen LogP contribution in [0.25, 0.3) is 0 Å². The molecule has 2 aromatic rings. The molecule has 1 aliphatic rings. The van der Waals surface area contributed by atoms with Crippen LogP contribution >= 0.6 is 0 Å². The number of nitrogens with one attached hydrogen (secondary N) is 1. The molecule has 0 saturated carbocycles. The zero-order valence-electron chi connectivity index (χ0n) is 16.3. The molecule has 27 heavy (non-hydrogen) atoms. The van der Waals surface area contributed by atoms with E-state index in [1.54, 1.807) is 0 Å². The number of ether oxygens (including phenoxy) is 1. The van der Waals surface area contributed by atoms with Gasteiger partial charge in [-0.05, 0) is 49.7 Å². The third kappa shape index (κ3) is 5.47. The van der Waals surface area contributed by atoms with Crippen molar-refractivity contribution in [3.63, 3.8) is 0 Å². The average Bonchev–Trinajstić information content (AvgIpc) is 2.69. The van der Waals surface area contributed by atoms with E-state index >= 15 is 0 Å². The lowest BCUT2D eigenvalue weighted by Crippen LogP contribution is -2.47. The van der Waals surface area contributed by atoms with Crippen molar-refractivity contribution in [1.82, 2.24) is 4.90 Å². The maximum atomic E-state index is 12.2. The highest BCUT2D eigenvalue weighted by Crippen LogP contribution is 2.21. The third-order valence-corrected chi connectivity index (χ3v) is 4.93. The van der Waals surface area contributed by atoms with Crippen LogP contribution in [0.3, 0.4) is 0 Å². The lowest BCUT2D eigenvalue weighted by molar-refractivity contribution is -0.116. The molecular weight excluding hydrogens is 338 g/mol. The summed E-state index contributed by atoms with van der Waals surface area (Å²) in [6.07, 6.45) is 0.511. The van der Waals surface area contributed by atoms with E-state index in [0.717, 1.165) is 44.2 Å². The number of para-hydroxylation sites is 1. The first-order valence-corrected chi connectivity index (χ1v) is 9.71. The molecule has 0 spiro atoms. The molecule has 0 atom stereocenters. The summed E-state index contributed by atoms with van der Waals surface area (Å²) in [5, 5.41) is 2.96. The molecule has 1 saturated heterocycles. The van der Waals surface area contributed by atoms with Gasteiger partial charge in [-0.3, -0.25) is 9.69 Å². The second-order valence-electron chi connectivity index (χ2n) is 6.87. The van der Waals surface area contributed by atoms with Gasteiger partial charge >= 0.3 is 0 Å². The van der Waals surface area contributed by atoms with Gasteiger partial charge in [0, 0.05) is 50.5 Å². The zero-order chi connectivity index (χ0) is 19.1. The van der Waals surface area contributed by atoms with Crippen LogP contribution in [0.15, 0.2) is 48.5 Å². The van der Waals surface area contributed by atoms with Gasteiger partial charge < -0.3 is 15.0 Å². The Bertz CT molecular complexity index is 737. The minimum absolute atomic E-state index is 0.0560. The number of rotatable bonds is 7. The van der Waals surface area contributed by atoms with Crippen LogP contribution < -0.4 is 15.0 Å². The Morgan fingerprint density at radius 1 is 1.04 bits per heavy atom. The first-order valence-electron chi connectivity index (χ1n) is 9.71. The summed E-state index contributed by atoms with van der Waals surface area (Å²) in [5.41, 5.74) is 3.46. The molecule has 1 heterocycles. The van der Waals surface area contributed by atoms with Crippen molar-refractivity contribution in [3.8, 4) is 5.75 Å². The molecule has 5 nitrogen and oxygen atoms in total. The Morgan fingerprint density at radius 3 is 2.41 bits per heavy atom. The number of piperazine rings is 1. The van der Waals surface area contributed by atoms with E-state index in [1.165, 1.54) is 11.3 Å². The van der Waals surface area contributed by atoms with E-state index in [0.29, 0.717) is 13.0 Å². The highest BCUT2D eigenvalue weighted by molar-refractivity contribution is 5.90.